The van der Waals surface area contributed by atoms with Crippen molar-refractivity contribution >= 4 is 5.97 Å². The molecule has 4 nitrogen and oxygen atoms in total. The summed E-state index contributed by atoms with van der Waals surface area (Å²) in [4.78, 5) is 11.4. The van der Waals surface area contributed by atoms with Gasteiger partial charge in [0.15, 0.2) is 18.1 Å². The quantitative estimate of drug-likeness (QED) is 0.536. The van der Waals surface area contributed by atoms with E-state index in [1.165, 1.54) is 0 Å². The zero-order valence-electron chi connectivity index (χ0n) is 11.9. The van der Waals surface area contributed by atoms with Crippen LogP contribution >= 0.6 is 0 Å². The number of unbranched alkanes of at least 4 members (excludes halogenated alkanes) is 1. The maximum atomic E-state index is 11.4. The van der Waals surface area contributed by atoms with E-state index < -0.39 is 0 Å². The molecule has 1 rings (SSSR count). The van der Waals surface area contributed by atoms with E-state index >= 15 is 0 Å². The average Bonchev–Trinajstić information content (AvgIpc) is 2.45. The van der Waals surface area contributed by atoms with Crippen LogP contribution in [0, 0.1) is 0 Å². The molecule has 0 atom stereocenters. The van der Waals surface area contributed by atoms with Crippen molar-refractivity contribution in [1.82, 2.24) is 0 Å². The molecule has 0 aliphatic rings. The Morgan fingerprint density at radius 3 is 2.63 bits per heavy atom. The minimum absolute atomic E-state index is 0.0917. The molecule has 0 saturated heterocycles. The van der Waals surface area contributed by atoms with E-state index in [0.717, 1.165) is 24.8 Å². The van der Waals surface area contributed by atoms with Crippen LogP contribution in [0.25, 0.3) is 0 Å². The van der Waals surface area contributed by atoms with Crippen molar-refractivity contribution in [2.45, 2.75) is 33.1 Å². The van der Waals surface area contributed by atoms with Crippen molar-refractivity contribution < 1.29 is 19.0 Å². The van der Waals surface area contributed by atoms with E-state index in [0.29, 0.717) is 18.1 Å². The third kappa shape index (κ3) is 5.20. The highest BCUT2D eigenvalue weighted by Crippen LogP contribution is 2.28. The van der Waals surface area contributed by atoms with Gasteiger partial charge in [0.1, 0.15) is 0 Å². The van der Waals surface area contributed by atoms with Gasteiger partial charge < -0.3 is 14.2 Å². The summed E-state index contributed by atoms with van der Waals surface area (Å²) in [6.45, 7) is 4.47. The van der Waals surface area contributed by atoms with Gasteiger partial charge in [-0.25, -0.2) is 4.79 Å². The van der Waals surface area contributed by atoms with E-state index in [1.54, 1.807) is 7.11 Å². The SMILES string of the molecule is CCCCOC(=O)COc1ccc(CC)cc1OC. The van der Waals surface area contributed by atoms with Crippen molar-refractivity contribution in [3.05, 3.63) is 23.8 Å². The highest BCUT2D eigenvalue weighted by Gasteiger charge is 2.08. The van der Waals surface area contributed by atoms with Crippen molar-refractivity contribution in [2.75, 3.05) is 20.3 Å². The maximum Gasteiger partial charge on any atom is 0.344 e. The first-order chi connectivity index (χ1) is 9.21. The molecule has 0 spiro atoms. The molecule has 1 aromatic carbocycles. The predicted octanol–water partition coefficient (Wildman–Crippen LogP) is 2.98. The molecule has 0 amide bonds. The van der Waals surface area contributed by atoms with Gasteiger partial charge in [-0.3, -0.25) is 0 Å². The van der Waals surface area contributed by atoms with E-state index in [-0.39, 0.29) is 12.6 Å². The molecule has 0 radical (unpaired) electrons. The lowest BCUT2D eigenvalue weighted by Crippen LogP contribution is -2.15. The van der Waals surface area contributed by atoms with Crippen LogP contribution in [0.15, 0.2) is 18.2 Å². The summed E-state index contributed by atoms with van der Waals surface area (Å²) in [5.74, 6) is 0.850. The average molecular weight is 266 g/mol. The van der Waals surface area contributed by atoms with Crippen LogP contribution in [0.4, 0.5) is 0 Å². The second-order valence-electron chi connectivity index (χ2n) is 4.20. The molecule has 0 saturated carbocycles. The molecular formula is C15H22O4. The van der Waals surface area contributed by atoms with Crippen LogP contribution < -0.4 is 9.47 Å². The zero-order valence-corrected chi connectivity index (χ0v) is 11.9. The molecule has 4 heteroatoms. The van der Waals surface area contributed by atoms with Crippen molar-refractivity contribution in [3.8, 4) is 11.5 Å². The first-order valence-corrected chi connectivity index (χ1v) is 6.66. The lowest BCUT2D eigenvalue weighted by Gasteiger charge is -2.11. The van der Waals surface area contributed by atoms with Crippen LogP contribution in [0.1, 0.15) is 32.3 Å². The lowest BCUT2D eigenvalue weighted by molar-refractivity contribution is -0.146. The molecular weight excluding hydrogens is 244 g/mol. The molecule has 0 bridgehead atoms. The summed E-state index contributed by atoms with van der Waals surface area (Å²) in [6, 6.07) is 5.69. The Balaban J connectivity index is 2.50. The van der Waals surface area contributed by atoms with E-state index in [9.17, 15) is 4.79 Å². The van der Waals surface area contributed by atoms with Crippen molar-refractivity contribution in [1.29, 1.82) is 0 Å². The first-order valence-electron chi connectivity index (χ1n) is 6.66. The third-order valence-electron chi connectivity index (χ3n) is 2.74. The Morgan fingerprint density at radius 1 is 1.21 bits per heavy atom. The van der Waals surface area contributed by atoms with E-state index in [1.807, 2.05) is 25.1 Å². The summed E-state index contributed by atoms with van der Waals surface area (Å²) in [5.41, 5.74) is 1.16. The smallest absolute Gasteiger partial charge is 0.344 e. The number of methoxy groups -OCH3 is 1. The standard InChI is InChI=1S/C15H22O4/c1-4-6-9-18-15(16)11-19-13-8-7-12(5-2)10-14(13)17-3/h7-8,10H,4-6,9,11H2,1-3H3. The summed E-state index contributed by atoms with van der Waals surface area (Å²) in [7, 11) is 1.58. The fourth-order valence-electron chi connectivity index (χ4n) is 1.56. The van der Waals surface area contributed by atoms with Crippen LogP contribution in [-0.2, 0) is 16.0 Å². The Kier molecular flexibility index (Phi) is 6.79. The topological polar surface area (TPSA) is 44.8 Å². The van der Waals surface area contributed by atoms with Gasteiger partial charge >= 0.3 is 5.97 Å². The van der Waals surface area contributed by atoms with Gasteiger partial charge in [0.05, 0.1) is 13.7 Å². The van der Waals surface area contributed by atoms with Gasteiger partial charge in [0.25, 0.3) is 0 Å². The number of hydrogen-bond acceptors (Lipinski definition) is 4. The second-order valence-corrected chi connectivity index (χ2v) is 4.20. The predicted molar refractivity (Wildman–Crippen MR) is 73.7 cm³/mol. The normalized spacial score (nSPS) is 10.1. The minimum Gasteiger partial charge on any atom is -0.493 e. The van der Waals surface area contributed by atoms with Crippen molar-refractivity contribution in [2.24, 2.45) is 0 Å². The van der Waals surface area contributed by atoms with Gasteiger partial charge in [0.2, 0.25) is 0 Å². The monoisotopic (exact) mass is 266 g/mol. The fourth-order valence-corrected chi connectivity index (χ4v) is 1.56. The molecule has 0 aliphatic heterocycles. The second kappa shape index (κ2) is 8.40. The Hall–Kier alpha value is -1.71. The van der Waals surface area contributed by atoms with Gasteiger partial charge in [0, 0.05) is 0 Å². The van der Waals surface area contributed by atoms with Crippen LogP contribution in [0.3, 0.4) is 0 Å². The van der Waals surface area contributed by atoms with E-state index in [4.69, 9.17) is 14.2 Å². The molecule has 0 aromatic heterocycles. The Labute approximate surface area is 114 Å². The molecule has 0 N–H and O–H groups in total. The van der Waals surface area contributed by atoms with Gasteiger partial charge in [-0.1, -0.05) is 26.3 Å². The number of ether oxygens (including phenoxy) is 3. The maximum absolute atomic E-state index is 11.4. The minimum atomic E-state index is -0.352. The number of benzene rings is 1. The number of carbonyl (C=O) groups is 1. The summed E-state index contributed by atoms with van der Waals surface area (Å²) >= 11 is 0. The Morgan fingerprint density at radius 2 is 2.00 bits per heavy atom. The summed E-state index contributed by atoms with van der Waals surface area (Å²) in [5, 5.41) is 0. The van der Waals surface area contributed by atoms with Gasteiger partial charge in [-0.2, -0.15) is 0 Å². The molecule has 0 fully saturated rings. The van der Waals surface area contributed by atoms with E-state index in [2.05, 4.69) is 6.92 Å². The van der Waals surface area contributed by atoms with Crippen molar-refractivity contribution in [3.63, 3.8) is 0 Å². The Bertz CT molecular complexity index is 401. The van der Waals surface area contributed by atoms with Crippen LogP contribution in [0.5, 0.6) is 11.5 Å². The fraction of sp³-hybridized carbons (Fsp3) is 0.533. The molecule has 0 aliphatic carbocycles. The highest BCUT2D eigenvalue weighted by atomic mass is 16.6. The molecule has 1 aromatic rings. The largest absolute Gasteiger partial charge is 0.493 e. The van der Waals surface area contributed by atoms with Gasteiger partial charge in [-0.15, -0.1) is 0 Å². The number of carbonyl (C=O) groups excluding carboxylic acids is 1. The lowest BCUT2D eigenvalue weighted by atomic mass is 10.1. The number of esters is 1. The molecule has 106 valence electrons. The zero-order chi connectivity index (χ0) is 14.1. The summed E-state index contributed by atoms with van der Waals surface area (Å²) < 4.78 is 15.7. The number of hydrogen-bond donors (Lipinski definition) is 0. The molecule has 0 heterocycles. The third-order valence-corrected chi connectivity index (χ3v) is 2.74. The van der Waals surface area contributed by atoms with Gasteiger partial charge in [-0.05, 0) is 30.5 Å². The summed E-state index contributed by atoms with van der Waals surface area (Å²) in [6.07, 6.45) is 2.80. The van der Waals surface area contributed by atoms with Crippen LogP contribution in [0.2, 0.25) is 0 Å². The molecule has 0 unspecified atom stereocenters. The number of aryl methyl sites for hydroxylation is 1. The molecule has 19 heavy (non-hydrogen) atoms. The highest BCUT2D eigenvalue weighted by molar-refractivity contribution is 5.71. The number of rotatable bonds is 8. The van der Waals surface area contributed by atoms with Crippen LogP contribution in [-0.4, -0.2) is 26.3 Å². The first kappa shape index (κ1) is 15.3.